The van der Waals surface area contributed by atoms with Gasteiger partial charge in [0.1, 0.15) is 0 Å². The van der Waals surface area contributed by atoms with Crippen molar-refractivity contribution in [3.05, 3.63) is 0 Å². The molecule has 34 heavy (non-hydrogen) atoms. The first-order valence-corrected chi connectivity index (χ1v) is 19.9. The molecule has 1 unspecified atom stereocenters. The van der Waals surface area contributed by atoms with Crippen molar-refractivity contribution in [2.45, 2.75) is 160 Å². The van der Waals surface area contributed by atoms with Crippen LogP contribution in [0.15, 0.2) is 0 Å². The van der Waals surface area contributed by atoms with Gasteiger partial charge in [0.2, 0.25) is 0 Å². The summed E-state index contributed by atoms with van der Waals surface area (Å²) >= 11 is 0. The molecular weight excluding hydrogens is 456 g/mol. The van der Waals surface area contributed by atoms with Crippen molar-refractivity contribution in [1.82, 2.24) is 0 Å². The van der Waals surface area contributed by atoms with Gasteiger partial charge in [-0.2, -0.15) is 0 Å². The maximum absolute atomic E-state index is 11.3. The smallest absolute Gasteiger partial charge is 0.191 e. The Bertz CT molecular complexity index is 523. The first kappa shape index (κ1) is 34.3. The lowest BCUT2D eigenvalue weighted by atomic mass is 9.85. The molecule has 0 radical (unpaired) electrons. The van der Waals surface area contributed by atoms with Crippen LogP contribution in [0.3, 0.4) is 0 Å². The van der Waals surface area contributed by atoms with Gasteiger partial charge in [-0.3, -0.25) is 0 Å². The van der Waals surface area contributed by atoms with Gasteiger partial charge in [0.05, 0.1) is 5.60 Å². The summed E-state index contributed by atoms with van der Waals surface area (Å²) in [5, 5.41) is 21.0. The van der Waals surface area contributed by atoms with Gasteiger partial charge >= 0.3 is 0 Å². The third-order valence-corrected chi connectivity index (χ3v) is 17.5. The van der Waals surface area contributed by atoms with Gasteiger partial charge in [-0.25, -0.2) is 0 Å². The molecule has 0 amide bonds. The molecule has 1 atom stereocenters. The van der Waals surface area contributed by atoms with Crippen molar-refractivity contribution in [3.8, 4) is 0 Å². The van der Waals surface area contributed by atoms with E-state index in [-0.39, 0.29) is 16.7 Å². The van der Waals surface area contributed by atoms with Crippen molar-refractivity contribution in [2.24, 2.45) is 0 Å². The van der Waals surface area contributed by atoms with Crippen LogP contribution in [-0.4, -0.2) is 52.3 Å². The van der Waals surface area contributed by atoms with Crippen LogP contribution in [0.1, 0.15) is 119 Å². The Morgan fingerprint density at radius 1 is 0.529 bits per heavy atom. The van der Waals surface area contributed by atoms with E-state index in [2.05, 4.69) is 67.7 Å². The fraction of sp³-hybridized carbons (Fsp3) is 1.00. The second-order valence-corrected chi connectivity index (χ2v) is 23.2. The molecule has 4 nitrogen and oxygen atoms in total. The molecule has 0 aromatic rings. The van der Waals surface area contributed by atoms with Crippen molar-refractivity contribution in [1.29, 1.82) is 0 Å². The molecule has 0 fully saturated rings. The molecule has 0 spiro atoms. The summed E-state index contributed by atoms with van der Waals surface area (Å²) in [5.74, 6) is 0. The van der Waals surface area contributed by atoms with Crippen molar-refractivity contribution >= 4 is 16.6 Å². The van der Waals surface area contributed by atoms with Crippen LogP contribution in [0.5, 0.6) is 0 Å². The van der Waals surface area contributed by atoms with E-state index in [1.165, 1.54) is 6.42 Å². The van der Waals surface area contributed by atoms with Gasteiger partial charge in [-0.05, 0) is 81.2 Å². The lowest BCUT2D eigenvalue weighted by molar-refractivity contribution is 0.00609. The molecule has 0 aliphatic carbocycles. The molecule has 0 aliphatic heterocycles. The van der Waals surface area contributed by atoms with Gasteiger partial charge in [0, 0.05) is 19.8 Å². The summed E-state index contributed by atoms with van der Waals surface area (Å²) in [4.78, 5) is 0. The minimum absolute atomic E-state index is 0.217. The molecule has 0 saturated carbocycles. The molecule has 206 valence electrons. The maximum Gasteiger partial charge on any atom is 0.191 e. The standard InChI is InChI=1S/C28H62O4Si2/c1-26(2,3)33(7,8)31-24-18-12-11-14-20-28(30,22-16-17-23-29)21-15-13-19-25-32-34(9,10)27(4,5)6/h29-30H,11-25H2,1-10H3. The SMILES string of the molecule is CC(C)(C)[Si](C)(C)OCCCCCCC(O)(CCCCO)CCCCCO[Si](C)(C)C(C)(C)C. The highest BCUT2D eigenvalue weighted by molar-refractivity contribution is 6.74. The molecule has 0 saturated heterocycles. The van der Waals surface area contributed by atoms with E-state index in [1.807, 2.05) is 0 Å². The first-order chi connectivity index (χ1) is 15.5. The monoisotopic (exact) mass is 518 g/mol. The van der Waals surface area contributed by atoms with Crippen LogP contribution >= 0.6 is 0 Å². The van der Waals surface area contributed by atoms with E-state index >= 15 is 0 Å². The number of aliphatic hydroxyl groups is 2. The largest absolute Gasteiger partial charge is 0.417 e. The Kier molecular flexibility index (Phi) is 15.6. The Morgan fingerprint density at radius 2 is 0.853 bits per heavy atom. The zero-order valence-electron chi connectivity index (χ0n) is 24.8. The number of hydrogen-bond donors (Lipinski definition) is 2. The summed E-state index contributed by atoms with van der Waals surface area (Å²) in [7, 11) is -3.29. The zero-order chi connectivity index (χ0) is 26.5. The minimum Gasteiger partial charge on any atom is -0.417 e. The molecule has 2 N–H and O–H groups in total. The predicted molar refractivity (Wildman–Crippen MR) is 154 cm³/mol. The molecule has 6 heteroatoms. The number of aliphatic hydroxyl groups excluding tert-OH is 1. The number of hydrogen-bond acceptors (Lipinski definition) is 4. The van der Waals surface area contributed by atoms with E-state index < -0.39 is 22.2 Å². The lowest BCUT2D eigenvalue weighted by Gasteiger charge is -2.36. The molecule has 0 heterocycles. The molecule has 0 aliphatic rings. The van der Waals surface area contributed by atoms with Crippen molar-refractivity contribution < 1.29 is 19.1 Å². The van der Waals surface area contributed by atoms with Crippen molar-refractivity contribution in [3.63, 3.8) is 0 Å². The quantitative estimate of drug-likeness (QED) is 0.133. The highest BCUT2D eigenvalue weighted by atomic mass is 28.4. The highest BCUT2D eigenvalue weighted by Gasteiger charge is 2.37. The zero-order valence-corrected chi connectivity index (χ0v) is 26.8. The van der Waals surface area contributed by atoms with Gasteiger partial charge in [0.15, 0.2) is 16.6 Å². The second-order valence-electron chi connectivity index (χ2n) is 13.6. The highest BCUT2D eigenvalue weighted by Crippen LogP contribution is 2.37. The number of unbranched alkanes of at least 4 members (excludes halogenated alkanes) is 6. The Hall–Kier alpha value is 0.274. The summed E-state index contributed by atoms with van der Waals surface area (Å²) in [6, 6.07) is 0. The average Bonchev–Trinajstić information content (AvgIpc) is 2.68. The molecule has 0 bridgehead atoms. The Balaban J connectivity index is 4.27. The van der Waals surface area contributed by atoms with Crippen LogP contribution in [-0.2, 0) is 8.85 Å². The van der Waals surface area contributed by atoms with E-state index in [1.54, 1.807) is 0 Å². The fourth-order valence-corrected chi connectivity index (χ4v) is 5.85. The molecule has 0 aromatic carbocycles. The predicted octanol–water partition coefficient (Wildman–Crippen LogP) is 8.43. The fourth-order valence-electron chi connectivity index (χ4n) is 3.67. The minimum atomic E-state index is -1.66. The first-order valence-electron chi connectivity index (χ1n) is 14.1. The summed E-state index contributed by atoms with van der Waals surface area (Å²) in [6.07, 6.45) is 12.0. The van der Waals surface area contributed by atoms with Gasteiger partial charge in [-0.15, -0.1) is 0 Å². The van der Waals surface area contributed by atoms with E-state index in [0.717, 1.165) is 83.8 Å². The normalized spacial score (nSPS) is 15.5. The summed E-state index contributed by atoms with van der Waals surface area (Å²) in [6.45, 7) is 24.9. The third kappa shape index (κ3) is 14.1. The van der Waals surface area contributed by atoms with Gasteiger partial charge < -0.3 is 19.1 Å². The van der Waals surface area contributed by atoms with Crippen LogP contribution < -0.4 is 0 Å². The summed E-state index contributed by atoms with van der Waals surface area (Å²) < 4.78 is 12.6. The van der Waals surface area contributed by atoms with E-state index in [0.29, 0.717) is 0 Å². The van der Waals surface area contributed by atoms with E-state index in [4.69, 9.17) is 14.0 Å². The van der Waals surface area contributed by atoms with Crippen molar-refractivity contribution in [2.75, 3.05) is 19.8 Å². The maximum atomic E-state index is 11.3. The third-order valence-electron chi connectivity index (χ3n) is 8.41. The second kappa shape index (κ2) is 15.5. The van der Waals surface area contributed by atoms with Crippen LogP contribution in [0.2, 0.25) is 36.3 Å². The lowest BCUT2D eigenvalue weighted by Crippen LogP contribution is -2.40. The molecular formula is C28H62O4Si2. The van der Waals surface area contributed by atoms with Crippen LogP contribution in [0, 0.1) is 0 Å². The molecule has 0 rings (SSSR count). The molecule has 0 aromatic heterocycles. The van der Waals surface area contributed by atoms with Crippen LogP contribution in [0.25, 0.3) is 0 Å². The Labute approximate surface area is 215 Å². The van der Waals surface area contributed by atoms with Gasteiger partial charge in [0.25, 0.3) is 0 Å². The summed E-state index contributed by atoms with van der Waals surface area (Å²) in [5.41, 5.74) is -0.576. The average molecular weight is 519 g/mol. The Morgan fingerprint density at radius 3 is 1.21 bits per heavy atom. The van der Waals surface area contributed by atoms with Gasteiger partial charge in [-0.1, -0.05) is 73.6 Å². The topological polar surface area (TPSA) is 58.9 Å². The van der Waals surface area contributed by atoms with Crippen LogP contribution in [0.4, 0.5) is 0 Å². The number of rotatable bonds is 19. The van der Waals surface area contributed by atoms with E-state index in [9.17, 15) is 5.11 Å².